The zero-order chi connectivity index (χ0) is 32.9. The van der Waals surface area contributed by atoms with Crippen molar-refractivity contribution in [3.05, 3.63) is 98.8 Å². The van der Waals surface area contributed by atoms with E-state index in [0.717, 1.165) is 24.1 Å². The number of aliphatic hydroxyl groups is 3. The molecule has 3 aromatic carbocycles. The van der Waals surface area contributed by atoms with Crippen LogP contribution in [-0.2, 0) is 33.8 Å². The standard InChI is InChI=1S/C35H33ClN2O8/c1-46-27-9-4-18(16-38-11-10-17-2-5-21(36)6-3-17)12-23(27)22-7-8-25(39)29-24(22)14-19-13-20-15-26(40)30(34(37)44)33(43)35(20,45)32(42)28(19)31(29)41/h2-9,12,19-20,38-39,41,43,45H,10-11,13-16H2,1H3,(H2,37,44)/t19-,20+,35+/m1/s1. The maximum absolute atomic E-state index is 13.8. The number of ketones is 2. The first-order chi connectivity index (χ1) is 21.9. The molecule has 0 saturated heterocycles. The lowest BCUT2D eigenvalue weighted by atomic mass is 9.59. The number of rotatable bonds is 8. The Morgan fingerprint density at radius 2 is 1.74 bits per heavy atom. The molecule has 7 N–H and O–H groups in total. The van der Waals surface area contributed by atoms with Crippen LogP contribution in [0.3, 0.4) is 0 Å². The number of carbonyl (C=O) groups is 3. The molecule has 238 valence electrons. The van der Waals surface area contributed by atoms with E-state index in [4.69, 9.17) is 22.1 Å². The zero-order valence-corrected chi connectivity index (χ0v) is 25.7. The lowest BCUT2D eigenvalue weighted by molar-refractivity contribution is -0.147. The van der Waals surface area contributed by atoms with Crippen LogP contribution in [0.4, 0.5) is 0 Å². The quantitative estimate of drug-likeness (QED) is 0.156. The van der Waals surface area contributed by atoms with Crippen LogP contribution in [0, 0.1) is 11.8 Å². The van der Waals surface area contributed by atoms with E-state index in [1.807, 2.05) is 42.5 Å². The monoisotopic (exact) mass is 644 g/mol. The molecule has 1 saturated carbocycles. The number of hydrogen-bond donors (Lipinski definition) is 6. The summed E-state index contributed by atoms with van der Waals surface area (Å²) < 4.78 is 5.69. The van der Waals surface area contributed by atoms with Gasteiger partial charge in [0, 0.05) is 35.0 Å². The van der Waals surface area contributed by atoms with E-state index < -0.39 is 52.0 Å². The molecule has 0 spiro atoms. The Morgan fingerprint density at radius 3 is 2.43 bits per heavy atom. The molecule has 1 amide bonds. The minimum absolute atomic E-state index is 0.0261. The Bertz CT molecular complexity index is 1850. The summed E-state index contributed by atoms with van der Waals surface area (Å²) in [7, 11) is 1.55. The SMILES string of the molecule is COc1ccc(CNCCc2ccc(Cl)cc2)cc1-c1ccc(O)c2c1C[C@H]1C[C@H]3CC(=O)C(C(N)=O)=C(O)[C@@]3(O)C(=O)C1=C2O. The predicted molar refractivity (Wildman–Crippen MR) is 170 cm³/mol. The number of Topliss-reactive ketones (excluding diaryl/α,β-unsaturated/α-hetero) is 2. The number of methoxy groups -OCH3 is 1. The van der Waals surface area contributed by atoms with Gasteiger partial charge in [0.2, 0.25) is 5.78 Å². The molecule has 0 aromatic heterocycles. The van der Waals surface area contributed by atoms with E-state index in [1.165, 1.54) is 6.07 Å². The highest BCUT2D eigenvalue weighted by Gasteiger charge is 2.60. The lowest BCUT2D eigenvalue weighted by Gasteiger charge is -2.46. The summed E-state index contributed by atoms with van der Waals surface area (Å²) in [5.74, 6) is -6.10. The van der Waals surface area contributed by atoms with Crippen LogP contribution in [0.15, 0.2) is 71.5 Å². The maximum atomic E-state index is 13.8. The molecule has 0 radical (unpaired) electrons. The second-order valence-corrected chi connectivity index (χ2v) is 12.4. The van der Waals surface area contributed by atoms with Gasteiger partial charge >= 0.3 is 0 Å². The Kier molecular flexibility index (Phi) is 8.14. The molecule has 3 aliphatic carbocycles. The van der Waals surface area contributed by atoms with Gasteiger partial charge < -0.3 is 36.2 Å². The van der Waals surface area contributed by atoms with E-state index in [1.54, 1.807) is 13.2 Å². The summed E-state index contributed by atoms with van der Waals surface area (Å²) in [6.45, 7) is 1.30. The first-order valence-corrected chi connectivity index (χ1v) is 15.3. The first kappa shape index (κ1) is 31.3. The Hall–Kier alpha value is -4.64. The number of nitrogens with two attached hydrogens (primary N) is 1. The molecule has 3 atom stereocenters. The number of aliphatic hydroxyl groups excluding tert-OH is 2. The van der Waals surface area contributed by atoms with Crippen molar-refractivity contribution in [2.75, 3.05) is 13.7 Å². The highest BCUT2D eigenvalue weighted by Crippen LogP contribution is 2.53. The molecule has 46 heavy (non-hydrogen) atoms. The average Bonchev–Trinajstić information content (AvgIpc) is 3.02. The number of halogens is 1. The maximum Gasteiger partial charge on any atom is 0.255 e. The molecule has 11 heteroatoms. The fraction of sp³-hybridized carbons (Fsp3) is 0.286. The van der Waals surface area contributed by atoms with Crippen molar-refractivity contribution in [3.8, 4) is 22.6 Å². The van der Waals surface area contributed by atoms with E-state index >= 15 is 0 Å². The molecule has 0 bridgehead atoms. The Labute approximate surface area is 269 Å². The van der Waals surface area contributed by atoms with Crippen molar-refractivity contribution in [2.45, 2.75) is 37.8 Å². The van der Waals surface area contributed by atoms with Crippen molar-refractivity contribution >= 4 is 34.8 Å². The number of primary amides is 1. The topological polar surface area (TPSA) is 179 Å². The second-order valence-electron chi connectivity index (χ2n) is 12.0. The number of phenols is 1. The number of ether oxygens (including phenoxy) is 1. The van der Waals surface area contributed by atoms with Crippen molar-refractivity contribution in [1.82, 2.24) is 5.32 Å². The highest BCUT2D eigenvalue weighted by atomic mass is 35.5. The third-order valence-corrected chi connectivity index (χ3v) is 9.59. The molecular weight excluding hydrogens is 612 g/mol. The van der Waals surface area contributed by atoms with Gasteiger partial charge in [0.1, 0.15) is 28.6 Å². The number of nitrogens with one attached hydrogen (secondary N) is 1. The minimum Gasteiger partial charge on any atom is -0.508 e. The summed E-state index contributed by atoms with van der Waals surface area (Å²) in [5.41, 5.74) is 5.76. The average molecular weight is 645 g/mol. The van der Waals surface area contributed by atoms with Gasteiger partial charge in [-0.3, -0.25) is 14.4 Å². The zero-order valence-electron chi connectivity index (χ0n) is 25.0. The Morgan fingerprint density at radius 1 is 1.02 bits per heavy atom. The second kappa shape index (κ2) is 11.9. The van der Waals surface area contributed by atoms with Crippen LogP contribution in [0.25, 0.3) is 16.9 Å². The van der Waals surface area contributed by atoms with E-state index in [2.05, 4.69) is 5.32 Å². The lowest BCUT2D eigenvalue weighted by Crippen LogP contribution is -2.58. The van der Waals surface area contributed by atoms with Crippen LogP contribution in [-0.4, -0.2) is 57.2 Å². The minimum atomic E-state index is -2.61. The van der Waals surface area contributed by atoms with Gasteiger partial charge in [0.25, 0.3) is 5.91 Å². The normalized spacial score (nSPS) is 22.3. The smallest absolute Gasteiger partial charge is 0.255 e. The van der Waals surface area contributed by atoms with Gasteiger partial charge in [-0.25, -0.2) is 0 Å². The van der Waals surface area contributed by atoms with Gasteiger partial charge in [0.15, 0.2) is 11.4 Å². The number of fused-ring (bicyclic) bond motifs is 3. The molecule has 0 unspecified atom stereocenters. The van der Waals surface area contributed by atoms with Crippen LogP contribution in [0.2, 0.25) is 5.02 Å². The highest BCUT2D eigenvalue weighted by molar-refractivity contribution is 6.30. The van der Waals surface area contributed by atoms with Gasteiger partial charge in [0.05, 0.1) is 12.7 Å². The fourth-order valence-corrected chi connectivity index (χ4v) is 7.19. The molecule has 1 fully saturated rings. The summed E-state index contributed by atoms with van der Waals surface area (Å²) in [5, 5.41) is 48.8. The largest absolute Gasteiger partial charge is 0.508 e. The predicted octanol–water partition coefficient (Wildman–Crippen LogP) is 4.09. The van der Waals surface area contributed by atoms with Gasteiger partial charge in [-0.15, -0.1) is 0 Å². The summed E-state index contributed by atoms with van der Waals surface area (Å²) >= 11 is 5.98. The van der Waals surface area contributed by atoms with Crippen LogP contribution < -0.4 is 15.8 Å². The van der Waals surface area contributed by atoms with Crippen LogP contribution in [0.1, 0.15) is 35.1 Å². The number of phenolic OH excluding ortho intramolecular Hbond substituents is 1. The Balaban J connectivity index is 1.35. The van der Waals surface area contributed by atoms with E-state index in [0.29, 0.717) is 34.0 Å². The van der Waals surface area contributed by atoms with Gasteiger partial charge in [-0.05, 0) is 84.3 Å². The number of hydrogen-bond acceptors (Lipinski definition) is 9. The van der Waals surface area contributed by atoms with Crippen molar-refractivity contribution in [3.63, 3.8) is 0 Å². The van der Waals surface area contributed by atoms with E-state index in [9.17, 15) is 34.8 Å². The number of benzene rings is 3. The molecule has 3 aromatic rings. The molecule has 10 nitrogen and oxygen atoms in total. The van der Waals surface area contributed by atoms with Crippen LogP contribution >= 0.6 is 11.6 Å². The molecule has 3 aliphatic rings. The molecule has 0 aliphatic heterocycles. The van der Waals surface area contributed by atoms with Crippen molar-refractivity contribution < 1.29 is 39.5 Å². The van der Waals surface area contributed by atoms with Gasteiger partial charge in [-0.1, -0.05) is 35.9 Å². The van der Waals surface area contributed by atoms with Crippen LogP contribution in [0.5, 0.6) is 11.5 Å². The number of carbonyl (C=O) groups excluding carboxylic acids is 3. The van der Waals surface area contributed by atoms with E-state index in [-0.39, 0.29) is 36.1 Å². The third kappa shape index (κ3) is 5.12. The molecular formula is C35H33ClN2O8. The summed E-state index contributed by atoms with van der Waals surface area (Å²) in [6.07, 6.45) is 0.673. The van der Waals surface area contributed by atoms with Gasteiger partial charge in [-0.2, -0.15) is 0 Å². The molecule has 0 heterocycles. The van der Waals surface area contributed by atoms with Crippen molar-refractivity contribution in [1.29, 1.82) is 0 Å². The summed E-state index contributed by atoms with van der Waals surface area (Å²) in [4.78, 5) is 38.4. The van der Waals surface area contributed by atoms with Crippen molar-refractivity contribution in [2.24, 2.45) is 17.6 Å². The number of amides is 1. The number of aromatic hydroxyl groups is 1. The fourth-order valence-electron chi connectivity index (χ4n) is 7.07. The molecule has 6 rings (SSSR count). The first-order valence-electron chi connectivity index (χ1n) is 14.9. The summed E-state index contributed by atoms with van der Waals surface area (Å²) in [6, 6.07) is 16.6. The third-order valence-electron chi connectivity index (χ3n) is 9.33.